The van der Waals surface area contributed by atoms with Crippen LogP contribution in [0.5, 0.6) is 5.75 Å². The maximum atomic E-state index is 12.0. The number of esters is 1. The van der Waals surface area contributed by atoms with Gasteiger partial charge in [-0.05, 0) is 37.6 Å². The van der Waals surface area contributed by atoms with E-state index in [1.807, 2.05) is 13.8 Å². The minimum absolute atomic E-state index is 0.180. The van der Waals surface area contributed by atoms with Gasteiger partial charge in [-0.1, -0.05) is 24.3 Å². The summed E-state index contributed by atoms with van der Waals surface area (Å²) in [5, 5.41) is 9.15. The van der Waals surface area contributed by atoms with Crippen LogP contribution >= 0.6 is 0 Å². The van der Waals surface area contributed by atoms with Crippen LogP contribution in [0, 0.1) is 11.3 Å². The number of carbonyl (C=O) groups is 2. The molecule has 0 atom stereocenters. The van der Waals surface area contributed by atoms with Crippen molar-refractivity contribution in [1.29, 1.82) is 5.26 Å². The van der Waals surface area contributed by atoms with Gasteiger partial charge in [0.25, 0.3) is 5.91 Å². The highest BCUT2D eigenvalue weighted by Gasteiger charge is 2.16. The molecule has 0 heterocycles. The lowest BCUT2D eigenvalue weighted by Crippen LogP contribution is -2.35. The van der Waals surface area contributed by atoms with E-state index in [9.17, 15) is 9.59 Å². The van der Waals surface area contributed by atoms with E-state index in [4.69, 9.17) is 14.7 Å². The van der Waals surface area contributed by atoms with Gasteiger partial charge < -0.3 is 14.4 Å². The molecule has 0 unspecified atom stereocenters. The van der Waals surface area contributed by atoms with Crippen molar-refractivity contribution >= 4 is 18.0 Å². The van der Waals surface area contributed by atoms with Gasteiger partial charge in [-0.25, -0.2) is 4.79 Å². The number of nitriles is 1. The number of hydrogen-bond donors (Lipinski definition) is 0. The first kappa shape index (κ1) is 20.0. The summed E-state index contributed by atoms with van der Waals surface area (Å²) in [5.74, 6) is -0.500. The number of carbonyl (C=O) groups excluding carboxylic acids is 2. The van der Waals surface area contributed by atoms with Crippen molar-refractivity contribution in [2.75, 3.05) is 26.8 Å². The van der Waals surface area contributed by atoms with Crippen molar-refractivity contribution < 1.29 is 19.1 Å². The molecule has 0 aliphatic rings. The summed E-state index contributed by atoms with van der Waals surface area (Å²) in [6.45, 7) is 7.87. The summed E-state index contributed by atoms with van der Waals surface area (Å²) in [5.41, 5.74) is 1.30. The predicted octanol–water partition coefficient (Wildman–Crippen LogP) is 2.57. The number of amides is 1. The molecule has 1 amide bonds. The molecule has 0 spiro atoms. The molecule has 6 nitrogen and oxygen atoms in total. The van der Waals surface area contributed by atoms with Crippen molar-refractivity contribution in [3.8, 4) is 11.8 Å². The molecule has 0 aliphatic carbocycles. The fraction of sp³-hybridized carbons (Fsp3) is 0.316. The van der Waals surface area contributed by atoms with Crippen molar-refractivity contribution in [2.45, 2.75) is 13.8 Å². The molecule has 1 aromatic rings. The summed E-state index contributed by atoms with van der Waals surface area (Å²) in [4.78, 5) is 25.6. The van der Waals surface area contributed by atoms with Crippen LogP contribution in [0.3, 0.4) is 0 Å². The number of methoxy groups -OCH3 is 1. The fourth-order valence-corrected chi connectivity index (χ4v) is 2.00. The zero-order valence-electron chi connectivity index (χ0n) is 14.7. The SMILES string of the molecule is C=C(C)CN(CC)C(=O)COC(=O)/C(C#N)=C\c1ccc(OC)cc1. The quantitative estimate of drug-likeness (QED) is 0.314. The van der Waals surface area contributed by atoms with Crippen molar-refractivity contribution in [2.24, 2.45) is 0 Å². The van der Waals surface area contributed by atoms with Crippen LogP contribution in [0.25, 0.3) is 6.08 Å². The van der Waals surface area contributed by atoms with Crippen LogP contribution in [-0.4, -0.2) is 43.6 Å². The monoisotopic (exact) mass is 342 g/mol. The Balaban J connectivity index is 2.72. The van der Waals surface area contributed by atoms with Crippen LogP contribution < -0.4 is 4.74 Å². The molecule has 0 saturated carbocycles. The Hall–Kier alpha value is -3.07. The molecule has 0 fully saturated rings. The Bertz CT molecular complexity index is 699. The lowest BCUT2D eigenvalue weighted by molar-refractivity contribution is -0.148. The molecule has 1 aromatic carbocycles. The van der Waals surface area contributed by atoms with Crippen molar-refractivity contribution in [3.63, 3.8) is 0 Å². The maximum Gasteiger partial charge on any atom is 0.349 e. The molecule has 6 heteroatoms. The van der Waals surface area contributed by atoms with E-state index < -0.39 is 12.6 Å². The van der Waals surface area contributed by atoms with Gasteiger partial charge in [0.15, 0.2) is 6.61 Å². The summed E-state index contributed by atoms with van der Waals surface area (Å²) < 4.78 is 10.0. The second kappa shape index (κ2) is 9.93. The Labute approximate surface area is 147 Å². The number of ether oxygens (including phenoxy) is 2. The number of nitrogens with zero attached hydrogens (tertiary/aromatic N) is 2. The molecule has 0 saturated heterocycles. The Morgan fingerprint density at radius 1 is 1.32 bits per heavy atom. The highest BCUT2D eigenvalue weighted by molar-refractivity contribution is 5.98. The zero-order chi connectivity index (χ0) is 18.8. The van der Waals surface area contributed by atoms with Crippen molar-refractivity contribution in [1.82, 2.24) is 4.90 Å². The minimum Gasteiger partial charge on any atom is -0.497 e. The van der Waals surface area contributed by atoms with Crippen LogP contribution in [-0.2, 0) is 14.3 Å². The van der Waals surface area contributed by atoms with Gasteiger partial charge in [0.2, 0.25) is 0 Å². The van der Waals surface area contributed by atoms with E-state index in [-0.39, 0.29) is 11.5 Å². The topological polar surface area (TPSA) is 79.6 Å². The molecule has 0 bridgehead atoms. The smallest absolute Gasteiger partial charge is 0.349 e. The van der Waals surface area contributed by atoms with Gasteiger partial charge in [-0.3, -0.25) is 4.79 Å². The molecular weight excluding hydrogens is 320 g/mol. The van der Waals surface area contributed by atoms with Gasteiger partial charge >= 0.3 is 5.97 Å². The van der Waals surface area contributed by atoms with Gasteiger partial charge in [0.05, 0.1) is 7.11 Å². The van der Waals surface area contributed by atoms with Gasteiger partial charge in [0.1, 0.15) is 17.4 Å². The molecule has 0 radical (unpaired) electrons. The normalized spacial score (nSPS) is 10.6. The summed E-state index contributed by atoms with van der Waals surface area (Å²) in [6.07, 6.45) is 1.40. The average Bonchev–Trinajstić information content (AvgIpc) is 2.62. The summed E-state index contributed by atoms with van der Waals surface area (Å²) in [6, 6.07) is 8.64. The van der Waals surface area contributed by atoms with Crippen LogP contribution in [0.2, 0.25) is 0 Å². The maximum absolute atomic E-state index is 12.0. The lowest BCUT2D eigenvalue weighted by Gasteiger charge is -2.20. The molecule has 132 valence electrons. The number of likely N-dealkylation sites (N-methyl/N-ethyl adjacent to an activating group) is 1. The van der Waals surface area contributed by atoms with E-state index >= 15 is 0 Å². The fourth-order valence-electron chi connectivity index (χ4n) is 2.00. The number of benzene rings is 1. The van der Waals surface area contributed by atoms with Crippen molar-refractivity contribution in [3.05, 3.63) is 47.6 Å². The van der Waals surface area contributed by atoms with Crippen LogP contribution in [0.1, 0.15) is 19.4 Å². The standard InChI is InChI=1S/C19H22N2O4/c1-5-21(12-14(2)3)18(22)13-25-19(23)16(11-20)10-15-6-8-17(24-4)9-7-15/h6-10H,2,5,12-13H2,1,3-4H3/b16-10-. The first-order chi connectivity index (χ1) is 11.9. The van der Waals surface area contributed by atoms with Crippen LogP contribution in [0.15, 0.2) is 42.0 Å². The third kappa shape index (κ3) is 6.51. The van der Waals surface area contributed by atoms with Gasteiger partial charge in [-0.15, -0.1) is 0 Å². The molecule has 25 heavy (non-hydrogen) atoms. The molecular formula is C19H22N2O4. The largest absolute Gasteiger partial charge is 0.497 e. The highest BCUT2D eigenvalue weighted by atomic mass is 16.5. The average molecular weight is 342 g/mol. The molecule has 0 aliphatic heterocycles. The third-order valence-electron chi connectivity index (χ3n) is 3.29. The number of rotatable bonds is 8. The third-order valence-corrected chi connectivity index (χ3v) is 3.29. The predicted molar refractivity (Wildman–Crippen MR) is 94.6 cm³/mol. The first-order valence-electron chi connectivity index (χ1n) is 7.76. The van der Waals surface area contributed by atoms with E-state index in [0.29, 0.717) is 24.4 Å². The number of hydrogen-bond acceptors (Lipinski definition) is 5. The molecule has 0 N–H and O–H groups in total. The van der Waals surface area contributed by atoms with E-state index in [1.54, 1.807) is 37.4 Å². The van der Waals surface area contributed by atoms with Gasteiger partial charge in [0, 0.05) is 13.1 Å². The second-order valence-electron chi connectivity index (χ2n) is 5.38. The van der Waals surface area contributed by atoms with E-state index in [1.165, 1.54) is 11.0 Å². The highest BCUT2D eigenvalue weighted by Crippen LogP contribution is 2.14. The second-order valence-corrected chi connectivity index (χ2v) is 5.38. The summed E-state index contributed by atoms with van der Waals surface area (Å²) in [7, 11) is 1.55. The molecule has 1 rings (SSSR count). The Morgan fingerprint density at radius 3 is 2.44 bits per heavy atom. The minimum atomic E-state index is -0.835. The zero-order valence-corrected chi connectivity index (χ0v) is 14.7. The summed E-state index contributed by atoms with van der Waals surface area (Å²) >= 11 is 0. The molecule has 0 aromatic heterocycles. The Morgan fingerprint density at radius 2 is 1.96 bits per heavy atom. The van der Waals surface area contributed by atoms with E-state index in [0.717, 1.165) is 5.57 Å². The Kier molecular flexibility index (Phi) is 7.94. The first-order valence-corrected chi connectivity index (χ1v) is 7.76. The van der Waals surface area contributed by atoms with E-state index in [2.05, 4.69) is 6.58 Å². The van der Waals surface area contributed by atoms with Gasteiger partial charge in [-0.2, -0.15) is 5.26 Å². The lowest BCUT2D eigenvalue weighted by atomic mass is 10.1. The van der Waals surface area contributed by atoms with Crippen LogP contribution in [0.4, 0.5) is 0 Å².